The molecule has 0 radical (unpaired) electrons. The minimum Gasteiger partial charge on any atom is -0.371 e. The summed E-state index contributed by atoms with van der Waals surface area (Å²) < 4.78 is 0. The molecule has 8 heteroatoms. The Hall–Kier alpha value is -1.86. The van der Waals surface area contributed by atoms with Crippen molar-refractivity contribution in [1.82, 2.24) is 10.6 Å². The maximum atomic E-state index is 11.7. The van der Waals surface area contributed by atoms with Crippen molar-refractivity contribution in [3.63, 3.8) is 0 Å². The van der Waals surface area contributed by atoms with Crippen LogP contribution in [0.15, 0.2) is 24.3 Å². The predicted molar refractivity (Wildman–Crippen MR) is 82.9 cm³/mol. The number of benzene rings is 1. The summed E-state index contributed by atoms with van der Waals surface area (Å²) in [6.45, 7) is 1.62. The number of para-hydroxylation sites is 2. The molecule has 1 fully saturated rings. The molecule has 0 aromatic heterocycles. The molecule has 21 heavy (non-hydrogen) atoms. The maximum Gasteiger partial charge on any atom is 0.292 e. The average molecular weight is 315 g/mol. The maximum absolute atomic E-state index is 11.7. The van der Waals surface area contributed by atoms with Crippen molar-refractivity contribution in [3.05, 3.63) is 34.4 Å². The highest BCUT2D eigenvalue weighted by atomic mass is 35.5. The topological polar surface area (TPSA) is 96.3 Å². The van der Waals surface area contributed by atoms with Crippen molar-refractivity contribution in [3.8, 4) is 0 Å². The van der Waals surface area contributed by atoms with Crippen LogP contribution in [0.3, 0.4) is 0 Å². The number of carbonyl (C=O) groups excluding carboxylic acids is 1. The lowest BCUT2D eigenvalue weighted by Gasteiger charge is -2.12. The molecule has 1 unspecified atom stereocenters. The summed E-state index contributed by atoms with van der Waals surface area (Å²) in [4.78, 5) is 22.0. The van der Waals surface area contributed by atoms with Gasteiger partial charge in [0, 0.05) is 18.7 Å². The average Bonchev–Trinajstić information content (AvgIpc) is 2.96. The number of hydrogen-bond acceptors (Lipinski definition) is 5. The van der Waals surface area contributed by atoms with Crippen molar-refractivity contribution in [2.45, 2.75) is 18.9 Å². The summed E-state index contributed by atoms with van der Waals surface area (Å²) in [5, 5.41) is 19.7. The molecule has 0 saturated carbocycles. The number of nitro groups is 1. The molecule has 7 nitrogen and oxygen atoms in total. The number of nitrogens with zero attached hydrogens (tertiary/aromatic N) is 1. The van der Waals surface area contributed by atoms with Gasteiger partial charge in [-0.3, -0.25) is 14.9 Å². The molecule has 1 atom stereocenters. The first-order valence-corrected chi connectivity index (χ1v) is 6.64. The fourth-order valence-electron chi connectivity index (χ4n) is 2.19. The molecule has 1 amide bonds. The van der Waals surface area contributed by atoms with Gasteiger partial charge >= 0.3 is 0 Å². The van der Waals surface area contributed by atoms with Crippen LogP contribution in [-0.4, -0.2) is 36.5 Å². The second-order valence-corrected chi connectivity index (χ2v) is 4.73. The second kappa shape index (κ2) is 8.43. The molecule has 1 aromatic rings. The lowest BCUT2D eigenvalue weighted by atomic mass is 10.2. The first-order valence-electron chi connectivity index (χ1n) is 6.64. The first-order chi connectivity index (χ1) is 9.66. The van der Waals surface area contributed by atoms with Crippen LogP contribution in [-0.2, 0) is 4.79 Å². The number of nitro benzene ring substituents is 1. The van der Waals surface area contributed by atoms with E-state index in [2.05, 4.69) is 16.0 Å². The van der Waals surface area contributed by atoms with Gasteiger partial charge in [-0.05, 0) is 25.5 Å². The third-order valence-corrected chi connectivity index (χ3v) is 3.25. The van der Waals surface area contributed by atoms with Crippen LogP contribution in [0.1, 0.15) is 12.8 Å². The zero-order valence-corrected chi connectivity index (χ0v) is 12.3. The van der Waals surface area contributed by atoms with Gasteiger partial charge in [-0.1, -0.05) is 12.1 Å². The zero-order chi connectivity index (χ0) is 14.4. The summed E-state index contributed by atoms with van der Waals surface area (Å²) in [7, 11) is 0. The monoisotopic (exact) mass is 314 g/mol. The van der Waals surface area contributed by atoms with Crippen molar-refractivity contribution in [2.75, 3.05) is 25.0 Å². The molecule has 116 valence electrons. The fourth-order valence-corrected chi connectivity index (χ4v) is 2.19. The molecule has 2 rings (SSSR count). The minimum absolute atomic E-state index is 0. The van der Waals surface area contributed by atoms with Gasteiger partial charge in [0.15, 0.2) is 0 Å². The third kappa shape index (κ3) is 5.20. The highest BCUT2D eigenvalue weighted by molar-refractivity contribution is 5.85. The van der Waals surface area contributed by atoms with Crippen LogP contribution in [0.5, 0.6) is 0 Å². The molecule has 0 aliphatic carbocycles. The largest absolute Gasteiger partial charge is 0.371 e. The van der Waals surface area contributed by atoms with E-state index in [1.165, 1.54) is 6.07 Å². The van der Waals surface area contributed by atoms with Crippen molar-refractivity contribution in [1.29, 1.82) is 0 Å². The van der Waals surface area contributed by atoms with E-state index in [1.807, 2.05) is 0 Å². The van der Waals surface area contributed by atoms with E-state index in [0.717, 1.165) is 19.4 Å². The normalized spacial score (nSPS) is 16.9. The SMILES string of the molecule is Cl.O=C(CNc1ccccc1[N+](=O)[O-])NCC1CCCN1. The number of rotatable bonds is 6. The van der Waals surface area contributed by atoms with Gasteiger partial charge in [0.2, 0.25) is 5.91 Å². The van der Waals surface area contributed by atoms with Gasteiger partial charge in [0.25, 0.3) is 5.69 Å². The number of carbonyl (C=O) groups is 1. The molecular weight excluding hydrogens is 296 g/mol. The molecule has 0 bridgehead atoms. The van der Waals surface area contributed by atoms with Crippen LogP contribution in [0.2, 0.25) is 0 Å². The molecule has 1 aromatic carbocycles. The number of anilines is 1. The van der Waals surface area contributed by atoms with Crippen molar-refractivity contribution in [2.24, 2.45) is 0 Å². The van der Waals surface area contributed by atoms with E-state index < -0.39 is 4.92 Å². The van der Waals surface area contributed by atoms with Crippen molar-refractivity contribution >= 4 is 29.7 Å². The smallest absolute Gasteiger partial charge is 0.292 e. The van der Waals surface area contributed by atoms with Gasteiger partial charge in [-0.15, -0.1) is 12.4 Å². The highest BCUT2D eigenvalue weighted by Crippen LogP contribution is 2.22. The Morgan fingerprint density at radius 3 is 2.86 bits per heavy atom. The summed E-state index contributed by atoms with van der Waals surface area (Å²) in [5.41, 5.74) is 0.324. The van der Waals surface area contributed by atoms with E-state index >= 15 is 0 Å². The van der Waals surface area contributed by atoms with Gasteiger partial charge in [0.05, 0.1) is 11.5 Å². The molecular formula is C13H19ClN4O3. The van der Waals surface area contributed by atoms with E-state index in [1.54, 1.807) is 18.2 Å². The Kier molecular flexibility index (Phi) is 6.90. The lowest BCUT2D eigenvalue weighted by Crippen LogP contribution is -2.39. The Balaban J connectivity index is 0.00000220. The van der Waals surface area contributed by atoms with Gasteiger partial charge in [-0.2, -0.15) is 0 Å². The van der Waals surface area contributed by atoms with Gasteiger partial charge in [-0.25, -0.2) is 0 Å². The van der Waals surface area contributed by atoms with E-state index in [-0.39, 0.29) is 30.5 Å². The molecule has 1 aliphatic heterocycles. The third-order valence-electron chi connectivity index (χ3n) is 3.25. The van der Waals surface area contributed by atoms with Crippen LogP contribution in [0, 0.1) is 10.1 Å². The Bertz CT molecular complexity index is 492. The van der Waals surface area contributed by atoms with E-state index in [4.69, 9.17) is 0 Å². The molecule has 3 N–H and O–H groups in total. The summed E-state index contributed by atoms with van der Waals surface area (Å²) >= 11 is 0. The van der Waals surface area contributed by atoms with Crippen LogP contribution in [0.25, 0.3) is 0 Å². The van der Waals surface area contributed by atoms with E-state index in [0.29, 0.717) is 18.3 Å². The van der Waals surface area contributed by atoms with Crippen LogP contribution < -0.4 is 16.0 Å². The van der Waals surface area contributed by atoms with E-state index in [9.17, 15) is 14.9 Å². The minimum atomic E-state index is -0.470. The van der Waals surface area contributed by atoms with Crippen LogP contribution in [0.4, 0.5) is 11.4 Å². The summed E-state index contributed by atoms with van der Waals surface area (Å²) in [6.07, 6.45) is 2.20. The number of amides is 1. The fraction of sp³-hybridized carbons (Fsp3) is 0.462. The molecule has 1 heterocycles. The Morgan fingerprint density at radius 2 is 2.19 bits per heavy atom. The molecule has 1 saturated heterocycles. The first kappa shape index (κ1) is 17.2. The quantitative estimate of drug-likeness (QED) is 0.543. The highest BCUT2D eigenvalue weighted by Gasteiger charge is 2.15. The zero-order valence-electron chi connectivity index (χ0n) is 11.5. The lowest BCUT2D eigenvalue weighted by molar-refractivity contribution is -0.383. The number of nitrogens with one attached hydrogen (secondary N) is 3. The summed E-state index contributed by atoms with van der Waals surface area (Å²) in [5.74, 6) is -0.170. The summed E-state index contributed by atoms with van der Waals surface area (Å²) in [6, 6.07) is 6.61. The Labute approximate surface area is 129 Å². The molecule has 0 spiro atoms. The standard InChI is InChI=1S/C13H18N4O3.ClH/c18-13(16-8-10-4-3-7-14-10)9-15-11-5-1-2-6-12(11)17(19)20;/h1-2,5-6,10,14-15H,3-4,7-9H2,(H,16,18);1H. The molecule has 1 aliphatic rings. The van der Waals surface area contributed by atoms with Gasteiger partial charge < -0.3 is 16.0 Å². The van der Waals surface area contributed by atoms with Crippen molar-refractivity contribution < 1.29 is 9.72 Å². The predicted octanol–water partition coefficient (Wildman–Crippen LogP) is 1.30. The number of halogens is 1. The van der Waals surface area contributed by atoms with Crippen LogP contribution >= 0.6 is 12.4 Å². The number of hydrogen-bond donors (Lipinski definition) is 3. The second-order valence-electron chi connectivity index (χ2n) is 4.73. The Morgan fingerprint density at radius 1 is 1.43 bits per heavy atom. The van der Waals surface area contributed by atoms with Gasteiger partial charge in [0.1, 0.15) is 5.69 Å².